The molecule has 1 aliphatic rings. The van der Waals surface area contributed by atoms with E-state index in [1.54, 1.807) is 24.8 Å². The molecule has 0 aromatic carbocycles. The lowest BCUT2D eigenvalue weighted by Crippen LogP contribution is -2.46. The Morgan fingerprint density at radius 2 is 1.88 bits per heavy atom. The molecule has 1 fully saturated rings. The van der Waals surface area contributed by atoms with Crippen molar-refractivity contribution in [3.63, 3.8) is 0 Å². The van der Waals surface area contributed by atoms with Crippen molar-refractivity contribution in [2.45, 2.75) is 12.5 Å². The summed E-state index contributed by atoms with van der Waals surface area (Å²) in [4.78, 5) is 23.2. The first-order chi connectivity index (χ1) is 12.8. The second-order valence-corrected chi connectivity index (χ2v) is 6.15. The van der Waals surface area contributed by atoms with E-state index >= 15 is 0 Å². The van der Waals surface area contributed by atoms with E-state index in [1.165, 1.54) is 0 Å². The highest BCUT2D eigenvalue weighted by Crippen LogP contribution is 2.21. The van der Waals surface area contributed by atoms with Crippen LogP contribution in [0.25, 0.3) is 0 Å². The summed E-state index contributed by atoms with van der Waals surface area (Å²) in [5.74, 6) is 0.0151. The number of nitrogens with one attached hydrogen (secondary N) is 2. The molecule has 0 bridgehead atoms. The minimum absolute atomic E-state index is 0.0151. The summed E-state index contributed by atoms with van der Waals surface area (Å²) < 4.78 is 5.42. The van der Waals surface area contributed by atoms with Gasteiger partial charge in [0.05, 0.1) is 18.9 Å². The van der Waals surface area contributed by atoms with Gasteiger partial charge in [0.2, 0.25) is 5.91 Å². The van der Waals surface area contributed by atoms with Gasteiger partial charge in [-0.3, -0.25) is 19.7 Å². The number of ether oxygens (including phenoxy) is 1. The Morgan fingerprint density at radius 1 is 1.12 bits per heavy atom. The van der Waals surface area contributed by atoms with E-state index in [1.807, 2.05) is 24.3 Å². The highest BCUT2D eigenvalue weighted by molar-refractivity contribution is 5.83. The van der Waals surface area contributed by atoms with Crippen molar-refractivity contribution >= 4 is 11.6 Å². The van der Waals surface area contributed by atoms with E-state index in [-0.39, 0.29) is 11.9 Å². The van der Waals surface area contributed by atoms with Crippen molar-refractivity contribution < 1.29 is 9.53 Å². The molecule has 1 aliphatic heterocycles. The Kier molecular flexibility index (Phi) is 6.92. The molecule has 2 aromatic heterocycles. The largest absolute Gasteiger partial charge is 0.384 e. The predicted molar refractivity (Wildman–Crippen MR) is 99.7 cm³/mol. The van der Waals surface area contributed by atoms with E-state index in [0.29, 0.717) is 19.8 Å². The minimum Gasteiger partial charge on any atom is -0.384 e. The van der Waals surface area contributed by atoms with Crippen LogP contribution < -0.4 is 10.6 Å². The van der Waals surface area contributed by atoms with Crippen molar-refractivity contribution in [1.82, 2.24) is 20.2 Å². The molecule has 1 unspecified atom stereocenters. The fraction of sp³-hybridized carbons (Fsp3) is 0.421. The smallest absolute Gasteiger partial charge is 0.242 e. The van der Waals surface area contributed by atoms with Crippen LogP contribution in [0.3, 0.4) is 0 Å². The molecule has 1 saturated heterocycles. The summed E-state index contributed by atoms with van der Waals surface area (Å²) in [5, 5.41) is 6.35. The van der Waals surface area contributed by atoms with Gasteiger partial charge in [-0.15, -0.1) is 0 Å². The summed E-state index contributed by atoms with van der Waals surface area (Å²) in [6.45, 7) is 4.19. The molecule has 0 aliphatic carbocycles. The van der Waals surface area contributed by atoms with Crippen molar-refractivity contribution in [3.8, 4) is 0 Å². The molecule has 7 heteroatoms. The van der Waals surface area contributed by atoms with Crippen LogP contribution in [0, 0.1) is 0 Å². The molecular weight excluding hydrogens is 330 g/mol. The van der Waals surface area contributed by atoms with Crippen molar-refractivity contribution in [2.24, 2.45) is 0 Å². The average molecular weight is 355 g/mol. The number of pyridine rings is 2. The lowest BCUT2D eigenvalue weighted by Gasteiger charge is -2.33. The fourth-order valence-corrected chi connectivity index (χ4v) is 3.00. The maximum Gasteiger partial charge on any atom is 0.242 e. The summed E-state index contributed by atoms with van der Waals surface area (Å²) in [6, 6.07) is 7.37. The zero-order valence-electron chi connectivity index (χ0n) is 14.8. The standard InChI is InChI=1S/C19H25N5O2/c25-19(23-9-3-8-22-17-5-2-7-21-15-17)18(16-4-1-6-20-14-16)24-10-12-26-13-11-24/h1-2,4-7,14-15,18,22H,3,8-13H2,(H,23,25). The summed E-state index contributed by atoms with van der Waals surface area (Å²) in [6.07, 6.45) is 7.86. The van der Waals surface area contributed by atoms with E-state index in [2.05, 4.69) is 25.5 Å². The third kappa shape index (κ3) is 5.24. The van der Waals surface area contributed by atoms with E-state index < -0.39 is 0 Å². The number of nitrogens with zero attached hydrogens (tertiary/aromatic N) is 3. The number of amides is 1. The highest BCUT2D eigenvalue weighted by atomic mass is 16.5. The Labute approximate surface area is 153 Å². The Hall–Kier alpha value is -2.51. The van der Waals surface area contributed by atoms with Crippen LogP contribution in [-0.2, 0) is 9.53 Å². The Bertz CT molecular complexity index is 662. The van der Waals surface area contributed by atoms with Crippen LogP contribution in [0.4, 0.5) is 5.69 Å². The number of aromatic nitrogens is 2. The molecule has 138 valence electrons. The lowest BCUT2D eigenvalue weighted by atomic mass is 10.1. The van der Waals surface area contributed by atoms with Crippen molar-refractivity contribution in [1.29, 1.82) is 0 Å². The van der Waals surface area contributed by atoms with Gasteiger partial charge in [0.25, 0.3) is 0 Å². The van der Waals surface area contributed by atoms with Gasteiger partial charge >= 0.3 is 0 Å². The first-order valence-corrected chi connectivity index (χ1v) is 8.98. The van der Waals surface area contributed by atoms with Gasteiger partial charge < -0.3 is 15.4 Å². The van der Waals surface area contributed by atoms with Gasteiger partial charge in [-0.1, -0.05) is 6.07 Å². The summed E-state index contributed by atoms with van der Waals surface area (Å²) in [5.41, 5.74) is 1.90. The van der Waals surface area contributed by atoms with Gasteiger partial charge in [-0.2, -0.15) is 0 Å². The molecule has 0 radical (unpaired) electrons. The molecule has 26 heavy (non-hydrogen) atoms. The topological polar surface area (TPSA) is 79.4 Å². The number of hydrogen-bond acceptors (Lipinski definition) is 6. The van der Waals surface area contributed by atoms with E-state index in [4.69, 9.17) is 4.74 Å². The molecule has 3 heterocycles. The number of morpholine rings is 1. The molecule has 0 spiro atoms. The number of anilines is 1. The van der Waals surface area contributed by atoms with E-state index in [0.717, 1.165) is 37.3 Å². The van der Waals surface area contributed by atoms with Crippen LogP contribution in [0.2, 0.25) is 0 Å². The molecule has 1 atom stereocenters. The van der Waals surface area contributed by atoms with E-state index in [9.17, 15) is 4.79 Å². The first kappa shape index (κ1) is 18.3. The number of hydrogen-bond donors (Lipinski definition) is 2. The maximum atomic E-state index is 12.8. The highest BCUT2D eigenvalue weighted by Gasteiger charge is 2.28. The van der Waals surface area contributed by atoms with Gasteiger partial charge in [-0.25, -0.2) is 0 Å². The van der Waals surface area contributed by atoms with Gasteiger partial charge in [-0.05, 0) is 30.2 Å². The average Bonchev–Trinajstić information content (AvgIpc) is 2.70. The van der Waals surface area contributed by atoms with Crippen LogP contribution >= 0.6 is 0 Å². The van der Waals surface area contributed by atoms with Gasteiger partial charge in [0.1, 0.15) is 6.04 Å². The SMILES string of the molecule is O=C(NCCCNc1cccnc1)C(c1cccnc1)N1CCOCC1. The van der Waals surface area contributed by atoms with Crippen molar-refractivity contribution in [3.05, 3.63) is 54.6 Å². The molecule has 3 rings (SSSR count). The van der Waals surface area contributed by atoms with Crippen molar-refractivity contribution in [2.75, 3.05) is 44.7 Å². The molecule has 1 amide bonds. The van der Waals surface area contributed by atoms with Gasteiger partial charge in [0.15, 0.2) is 0 Å². The number of rotatable bonds is 8. The van der Waals surface area contributed by atoms with Crippen LogP contribution in [0.5, 0.6) is 0 Å². The zero-order valence-corrected chi connectivity index (χ0v) is 14.8. The number of carbonyl (C=O) groups is 1. The predicted octanol–water partition coefficient (Wildman–Crippen LogP) is 1.47. The third-order valence-electron chi connectivity index (χ3n) is 4.30. The monoisotopic (exact) mass is 355 g/mol. The molecule has 0 saturated carbocycles. The second kappa shape index (κ2) is 9.84. The first-order valence-electron chi connectivity index (χ1n) is 8.98. The maximum absolute atomic E-state index is 12.8. The van der Waals surface area contributed by atoms with Gasteiger partial charge in [0, 0.05) is 51.0 Å². The second-order valence-electron chi connectivity index (χ2n) is 6.15. The molecular formula is C19H25N5O2. The molecule has 7 nitrogen and oxygen atoms in total. The Morgan fingerprint density at radius 3 is 2.58 bits per heavy atom. The van der Waals surface area contributed by atoms with Crippen LogP contribution in [-0.4, -0.2) is 60.2 Å². The van der Waals surface area contributed by atoms with Crippen LogP contribution in [0.1, 0.15) is 18.0 Å². The summed E-state index contributed by atoms with van der Waals surface area (Å²) in [7, 11) is 0. The molecule has 2 N–H and O–H groups in total. The number of carbonyl (C=O) groups excluding carboxylic acids is 1. The zero-order chi connectivity index (χ0) is 18.0. The normalized spacial score (nSPS) is 16.0. The minimum atomic E-state index is -0.320. The molecule has 2 aromatic rings. The quantitative estimate of drug-likeness (QED) is 0.698. The lowest BCUT2D eigenvalue weighted by molar-refractivity contribution is -0.128. The third-order valence-corrected chi connectivity index (χ3v) is 4.30. The summed E-state index contributed by atoms with van der Waals surface area (Å²) >= 11 is 0. The fourth-order valence-electron chi connectivity index (χ4n) is 3.00. The van der Waals surface area contributed by atoms with Crippen LogP contribution in [0.15, 0.2) is 49.1 Å². The Balaban J connectivity index is 1.50.